The average molecular weight is 293 g/mol. The van der Waals surface area contributed by atoms with Crippen molar-refractivity contribution in [1.29, 1.82) is 0 Å². The van der Waals surface area contributed by atoms with E-state index in [2.05, 4.69) is 22.5 Å². The molecule has 0 aliphatic heterocycles. The van der Waals surface area contributed by atoms with E-state index in [9.17, 15) is 4.79 Å². The first kappa shape index (κ1) is 14.7. The number of nitrogens with zero attached hydrogens (tertiary/aromatic N) is 1. The number of amides is 1. The zero-order valence-electron chi connectivity index (χ0n) is 11.7. The van der Waals surface area contributed by atoms with E-state index < -0.39 is 0 Å². The van der Waals surface area contributed by atoms with E-state index in [0.29, 0.717) is 18.0 Å². The molecule has 0 unspecified atom stereocenters. The number of aromatic nitrogens is 1. The van der Waals surface area contributed by atoms with Gasteiger partial charge in [0.15, 0.2) is 10.8 Å². The third-order valence-corrected chi connectivity index (χ3v) is 3.74. The molecule has 2 aromatic heterocycles. The van der Waals surface area contributed by atoms with E-state index in [0.717, 1.165) is 29.4 Å². The summed E-state index contributed by atoms with van der Waals surface area (Å²) in [4.78, 5) is 17.3. The van der Waals surface area contributed by atoms with Crippen molar-refractivity contribution < 1.29 is 9.21 Å². The molecule has 5 nitrogen and oxygen atoms in total. The predicted molar refractivity (Wildman–Crippen MR) is 80.0 cm³/mol. The van der Waals surface area contributed by atoms with Gasteiger partial charge < -0.3 is 15.1 Å². The number of carbonyl (C=O) groups excluding carboxylic acids is 1. The molecule has 6 heteroatoms. The Kier molecular flexibility index (Phi) is 5.31. The number of hydrogen-bond donors (Lipinski definition) is 2. The second-order valence-corrected chi connectivity index (χ2v) is 5.61. The molecule has 0 aliphatic carbocycles. The largest absolute Gasteiger partial charge is 0.462 e. The van der Waals surface area contributed by atoms with E-state index in [-0.39, 0.29) is 5.91 Å². The summed E-state index contributed by atoms with van der Waals surface area (Å²) in [5, 5.41) is 6.84. The molecular weight excluding hydrogens is 274 g/mol. The van der Waals surface area contributed by atoms with Crippen LogP contribution in [-0.4, -0.2) is 30.5 Å². The van der Waals surface area contributed by atoms with Crippen molar-refractivity contribution in [3.05, 3.63) is 29.0 Å². The smallest absolute Gasteiger partial charge is 0.271 e. The summed E-state index contributed by atoms with van der Waals surface area (Å²) in [7, 11) is 0. The third-order valence-electron chi connectivity index (χ3n) is 2.76. The van der Waals surface area contributed by atoms with Crippen LogP contribution in [0.15, 0.2) is 22.8 Å². The molecule has 2 aromatic rings. The lowest BCUT2D eigenvalue weighted by Crippen LogP contribution is -2.32. The Hall–Kier alpha value is -1.66. The first-order chi connectivity index (χ1) is 9.72. The van der Waals surface area contributed by atoms with Gasteiger partial charge in [-0.2, -0.15) is 0 Å². The molecule has 1 amide bonds. The van der Waals surface area contributed by atoms with Gasteiger partial charge in [0.25, 0.3) is 5.91 Å². The number of carbonyl (C=O) groups is 1. The van der Waals surface area contributed by atoms with Crippen molar-refractivity contribution in [1.82, 2.24) is 15.6 Å². The highest BCUT2D eigenvalue weighted by atomic mass is 32.1. The molecule has 0 spiro atoms. The normalized spacial score (nSPS) is 10.7. The molecule has 0 fully saturated rings. The maximum atomic E-state index is 12.1. The minimum absolute atomic E-state index is 0.130. The number of hydrogen-bond acceptors (Lipinski definition) is 5. The lowest BCUT2D eigenvalue weighted by molar-refractivity contribution is 0.0949. The van der Waals surface area contributed by atoms with E-state index in [1.807, 2.05) is 19.1 Å². The van der Waals surface area contributed by atoms with Gasteiger partial charge >= 0.3 is 0 Å². The van der Waals surface area contributed by atoms with Gasteiger partial charge in [0.2, 0.25) is 0 Å². The zero-order valence-corrected chi connectivity index (χ0v) is 12.5. The van der Waals surface area contributed by atoms with E-state index in [1.54, 1.807) is 6.26 Å². The van der Waals surface area contributed by atoms with Crippen LogP contribution in [-0.2, 0) is 0 Å². The van der Waals surface area contributed by atoms with Crippen LogP contribution in [0.3, 0.4) is 0 Å². The van der Waals surface area contributed by atoms with Crippen LogP contribution in [0, 0.1) is 6.92 Å². The highest BCUT2D eigenvalue weighted by Gasteiger charge is 2.16. The molecule has 0 saturated carbocycles. The van der Waals surface area contributed by atoms with Gasteiger partial charge in [0.1, 0.15) is 5.69 Å². The molecule has 108 valence electrons. The number of aryl methyl sites for hydroxylation is 1. The number of furan rings is 1. The lowest BCUT2D eigenvalue weighted by Gasteiger charge is -2.04. The maximum Gasteiger partial charge on any atom is 0.271 e. The molecule has 2 rings (SSSR count). The molecule has 2 N–H and O–H groups in total. The molecule has 0 aliphatic rings. The van der Waals surface area contributed by atoms with Crippen LogP contribution in [0.4, 0.5) is 0 Å². The van der Waals surface area contributed by atoms with Crippen LogP contribution in [0.2, 0.25) is 0 Å². The fraction of sp³-hybridized carbons (Fsp3) is 0.429. The monoisotopic (exact) mass is 293 g/mol. The summed E-state index contributed by atoms with van der Waals surface area (Å²) in [6.07, 6.45) is 2.69. The van der Waals surface area contributed by atoms with E-state index in [1.165, 1.54) is 11.3 Å². The average Bonchev–Trinajstić information content (AvgIpc) is 3.07. The summed E-state index contributed by atoms with van der Waals surface area (Å²) in [6.45, 7) is 6.35. The quantitative estimate of drug-likeness (QED) is 0.769. The van der Waals surface area contributed by atoms with E-state index in [4.69, 9.17) is 4.42 Å². The fourth-order valence-corrected chi connectivity index (χ4v) is 2.64. The maximum absolute atomic E-state index is 12.1. The fourth-order valence-electron chi connectivity index (χ4n) is 1.76. The zero-order chi connectivity index (χ0) is 14.4. The van der Waals surface area contributed by atoms with Crippen LogP contribution in [0.5, 0.6) is 0 Å². The van der Waals surface area contributed by atoms with E-state index >= 15 is 0 Å². The molecule has 0 radical (unpaired) electrons. The molecule has 0 saturated heterocycles. The lowest BCUT2D eigenvalue weighted by atomic mass is 10.3. The Morgan fingerprint density at radius 1 is 1.40 bits per heavy atom. The molecular formula is C14H19N3O2S. The SMILES string of the molecule is CCCNCCNC(=O)c1nc(-c2ccco2)sc1C. The van der Waals surface area contributed by atoms with Crippen LogP contribution in [0.1, 0.15) is 28.7 Å². The van der Waals surface area contributed by atoms with Crippen LogP contribution < -0.4 is 10.6 Å². The Morgan fingerprint density at radius 2 is 2.25 bits per heavy atom. The van der Waals surface area contributed by atoms with Crippen LogP contribution >= 0.6 is 11.3 Å². The van der Waals surface area contributed by atoms with Gasteiger partial charge in [-0.1, -0.05) is 6.92 Å². The summed E-state index contributed by atoms with van der Waals surface area (Å²) in [6, 6.07) is 3.65. The molecule has 0 atom stereocenters. The molecule has 0 bridgehead atoms. The van der Waals surface area contributed by atoms with Gasteiger partial charge in [0, 0.05) is 18.0 Å². The topological polar surface area (TPSA) is 67.2 Å². The Bertz CT molecular complexity index is 549. The summed E-state index contributed by atoms with van der Waals surface area (Å²) in [5.41, 5.74) is 0.483. The van der Waals surface area contributed by atoms with Gasteiger partial charge in [-0.25, -0.2) is 4.98 Å². The van der Waals surface area contributed by atoms with Crippen LogP contribution in [0.25, 0.3) is 10.8 Å². The minimum atomic E-state index is -0.130. The predicted octanol–water partition coefficient (Wildman–Crippen LogP) is 2.44. The van der Waals surface area contributed by atoms with Crippen molar-refractivity contribution in [3.8, 4) is 10.8 Å². The molecule has 2 heterocycles. The van der Waals surface area contributed by atoms with Gasteiger partial charge in [-0.05, 0) is 32.0 Å². The van der Waals surface area contributed by atoms with Gasteiger partial charge in [-0.3, -0.25) is 4.79 Å². The second-order valence-electron chi connectivity index (χ2n) is 4.41. The Labute approximate surface area is 122 Å². The first-order valence-electron chi connectivity index (χ1n) is 6.72. The Morgan fingerprint density at radius 3 is 2.95 bits per heavy atom. The van der Waals surface area contributed by atoms with Crippen molar-refractivity contribution in [3.63, 3.8) is 0 Å². The second kappa shape index (κ2) is 7.21. The van der Waals surface area contributed by atoms with Gasteiger partial charge in [-0.15, -0.1) is 11.3 Å². The Balaban J connectivity index is 1.93. The molecule has 20 heavy (non-hydrogen) atoms. The third kappa shape index (κ3) is 3.68. The highest BCUT2D eigenvalue weighted by molar-refractivity contribution is 7.15. The van der Waals surface area contributed by atoms with Gasteiger partial charge in [0.05, 0.1) is 6.26 Å². The standard InChI is InChI=1S/C14H19N3O2S/c1-3-6-15-7-8-16-13(18)12-10(2)20-14(17-12)11-5-4-9-19-11/h4-5,9,15H,3,6-8H2,1-2H3,(H,16,18). The summed E-state index contributed by atoms with van der Waals surface area (Å²) in [5.74, 6) is 0.566. The highest BCUT2D eigenvalue weighted by Crippen LogP contribution is 2.27. The summed E-state index contributed by atoms with van der Waals surface area (Å²) >= 11 is 1.47. The summed E-state index contributed by atoms with van der Waals surface area (Å²) < 4.78 is 5.30. The number of rotatable bonds is 7. The van der Waals surface area contributed by atoms with Crippen molar-refractivity contribution in [2.24, 2.45) is 0 Å². The van der Waals surface area contributed by atoms with Crippen molar-refractivity contribution in [2.75, 3.05) is 19.6 Å². The molecule has 0 aromatic carbocycles. The van der Waals surface area contributed by atoms with Crippen molar-refractivity contribution >= 4 is 17.2 Å². The first-order valence-corrected chi connectivity index (χ1v) is 7.54. The number of nitrogens with one attached hydrogen (secondary N) is 2. The number of thiazole rings is 1. The van der Waals surface area contributed by atoms with Crippen molar-refractivity contribution in [2.45, 2.75) is 20.3 Å². The minimum Gasteiger partial charge on any atom is -0.462 e.